The third-order valence-electron chi connectivity index (χ3n) is 6.92. The fourth-order valence-corrected chi connectivity index (χ4v) is 4.89. The minimum atomic E-state index is 0.0432. The van der Waals surface area contributed by atoms with Crippen molar-refractivity contribution in [3.8, 4) is 0 Å². The van der Waals surface area contributed by atoms with Crippen LogP contribution in [-0.2, 0) is 17.8 Å². The lowest BCUT2D eigenvalue weighted by Crippen LogP contribution is -2.21. The fraction of sp³-hybridized carbons (Fsp3) is 0.733. The molecule has 0 bridgehead atoms. The second-order valence-electron chi connectivity index (χ2n) is 10.1. The second kappa shape index (κ2) is 18.5. The van der Waals surface area contributed by atoms with Crippen molar-refractivity contribution in [3.05, 3.63) is 30.1 Å². The molecular formula is C30H51N3O. The van der Waals surface area contributed by atoms with Crippen LogP contribution in [0.4, 0.5) is 0 Å². The number of carbonyl (C=O) groups is 1. The van der Waals surface area contributed by atoms with Gasteiger partial charge in [0.25, 0.3) is 0 Å². The van der Waals surface area contributed by atoms with E-state index in [1.54, 1.807) is 6.92 Å². The third kappa shape index (κ3) is 12.0. The number of benzene rings is 1. The highest BCUT2D eigenvalue weighted by molar-refractivity contribution is 5.76. The summed E-state index contributed by atoms with van der Waals surface area (Å²) in [6.07, 6.45) is 24.2. The molecule has 0 unspecified atom stereocenters. The molecule has 0 radical (unpaired) electrons. The monoisotopic (exact) mass is 469 g/mol. The maximum absolute atomic E-state index is 11.1. The molecule has 0 aliphatic carbocycles. The highest BCUT2D eigenvalue weighted by Gasteiger charge is 2.10. The lowest BCUT2D eigenvalue weighted by atomic mass is 10.0. The summed E-state index contributed by atoms with van der Waals surface area (Å²) in [5.41, 5.74) is 2.34. The first kappa shape index (κ1) is 28.4. The Bertz CT molecular complexity index is 782. The Kier molecular flexibility index (Phi) is 15.4. The Labute approximate surface area is 209 Å². The highest BCUT2D eigenvalue weighted by atomic mass is 16.1. The zero-order valence-corrected chi connectivity index (χ0v) is 22.3. The summed E-state index contributed by atoms with van der Waals surface area (Å²) in [6, 6.07) is 8.47. The van der Waals surface area contributed by atoms with Gasteiger partial charge in [0, 0.05) is 26.4 Å². The molecule has 34 heavy (non-hydrogen) atoms. The van der Waals surface area contributed by atoms with E-state index in [2.05, 4.69) is 41.1 Å². The molecule has 0 atom stereocenters. The number of aromatic nitrogens is 2. The predicted octanol–water partition coefficient (Wildman–Crippen LogP) is 8.37. The number of unbranched alkanes of at least 4 members (excludes halogenated alkanes) is 15. The van der Waals surface area contributed by atoms with Crippen LogP contribution >= 0.6 is 0 Å². The summed E-state index contributed by atoms with van der Waals surface area (Å²) < 4.78 is 2.41. The van der Waals surface area contributed by atoms with Crippen LogP contribution in [-0.4, -0.2) is 22.0 Å². The Balaban J connectivity index is 1.52. The van der Waals surface area contributed by atoms with E-state index < -0.39 is 0 Å². The van der Waals surface area contributed by atoms with Crippen molar-refractivity contribution >= 4 is 16.9 Å². The molecule has 192 valence electrons. The van der Waals surface area contributed by atoms with E-state index in [0.29, 0.717) is 0 Å². The Morgan fingerprint density at radius 2 is 1.29 bits per heavy atom. The minimum absolute atomic E-state index is 0.0432. The number of imidazole rings is 1. The molecule has 0 saturated heterocycles. The Morgan fingerprint density at radius 1 is 0.765 bits per heavy atom. The van der Waals surface area contributed by atoms with Crippen LogP contribution in [0.25, 0.3) is 11.0 Å². The van der Waals surface area contributed by atoms with Gasteiger partial charge in [-0.2, -0.15) is 0 Å². The number of aryl methyl sites for hydroxylation is 2. The van der Waals surface area contributed by atoms with E-state index in [1.165, 1.54) is 108 Å². The van der Waals surface area contributed by atoms with Gasteiger partial charge in [0.05, 0.1) is 11.0 Å². The summed E-state index contributed by atoms with van der Waals surface area (Å²) >= 11 is 0. The molecule has 1 N–H and O–H groups in total. The number of nitrogens with zero attached hydrogens (tertiary/aromatic N) is 2. The number of rotatable bonds is 21. The summed E-state index contributed by atoms with van der Waals surface area (Å²) in [6.45, 7) is 5.64. The Morgan fingerprint density at radius 3 is 1.85 bits per heavy atom. The molecule has 1 heterocycles. The molecule has 4 nitrogen and oxygen atoms in total. The van der Waals surface area contributed by atoms with Crippen molar-refractivity contribution in [2.24, 2.45) is 0 Å². The van der Waals surface area contributed by atoms with Crippen LogP contribution in [0.1, 0.15) is 129 Å². The molecule has 2 aromatic rings. The highest BCUT2D eigenvalue weighted by Crippen LogP contribution is 2.19. The smallest absolute Gasteiger partial charge is 0.216 e. The number of fused-ring (bicyclic) bond motifs is 1. The second-order valence-corrected chi connectivity index (χ2v) is 10.1. The molecule has 4 heteroatoms. The standard InChI is InChI=1S/C30H51N3O/c1-3-4-5-6-7-8-9-10-11-12-13-14-15-16-17-20-26-33-29-23-19-18-22-28(29)32-30(33)24-21-25-31-27(2)34/h18-19,22-23H,3-17,20-21,24-26H2,1-2H3,(H,31,34). The van der Waals surface area contributed by atoms with Gasteiger partial charge >= 0.3 is 0 Å². The molecule has 1 amide bonds. The molecule has 2 rings (SSSR count). The van der Waals surface area contributed by atoms with Gasteiger partial charge < -0.3 is 9.88 Å². The molecule has 1 aromatic heterocycles. The van der Waals surface area contributed by atoms with Crippen LogP contribution in [0.2, 0.25) is 0 Å². The van der Waals surface area contributed by atoms with E-state index >= 15 is 0 Å². The summed E-state index contributed by atoms with van der Waals surface area (Å²) in [7, 11) is 0. The van der Waals surface area contributed by atoms with Gasteiger partial charge in [-0.3, -0.25) is 4.79 Å². The van der Waals surface area contributed by atoms with E-state index in [9.17, 15) is 4.79 Å². The van der Waals surface area contributed by atoms with Crippen molar-refractivity contribution in [3.63, 3.8) is 0 Å². The molecule has 1 aromatic carbocycles. The number of hydrogen-bond donors (Lipinski definition) is 1. The average molecular weight is 470 g/mol. The number of para-hydroxylation sites is 2. The van der Waals surface area contributed by atoms with Crippen molar-refractivity contribution < 1.29 is 4.79 Å². The third-order valence-corrected chi connectivity index (χ3v) is 6.92. The van der Waals surface area contributed by atoms with Crippen molar-refractivity contribution in [2.45, 2.75) is 136 Å². The van der Waals surface area contributed by atoms with Crippen LogP contribution in [0.15, 0.2) is 24.3 Å². The fourth-order valence-electron chi connectivity index (χ4n) is 4.89. The molecule has 0 fully saturated rings. The van der Waals surface area contributed by atoms with E-state index in [1.807, 2.05) is 0 Å². The topological polar surface area (TPSA) is 46.9 Å². The van der Waals surface area contributed by atoms with Gasteiger partial charge in [0.2, 0.25) is 5.91 Å². The first-order valence-corrected chi connectivity index (χ1v) is 14.4. The maximum Gasteiger partial charge on any atom is 0.216 e. The average Bonchev–Trinajstić information content (AvgIpc) is 3.19. The zero-order valence-electron chi connectivity index (χ0n) is 22.3. The molecule has 0 aliphatic heterocycles. The molecule has 0 spiro atoms. The molecule has 0 saturated carbocycles. The van der Waals surface area contributed by atoms with E-state index in [0.717, 1.165) is 37.3 Å². The van der Waals surface area contributed by atoms with Crippen LogP contribution in [0, 0.1) is 0 Å². The first-order chi connectivity index (χ1) is 16.7. The summed E-state index contributed by atoms with van der Waals surface area (Å²) in [5, 5.41) is 2.89. The number of nitrogens with one attached hydrogen (secondary N) is 1. The van der Waals surface area contributed by atoms with Crippen LogP contribution < -0.4 is 5.32 Å². The van der Waals surface area contributed by atoms with Gasteiger partial charge in [-0.1, -0.05) is 115 Å². The minimum Gasteiger partial charge on any atom is -0.356 e. The van der Waals surface area contributed by atoms with E-state index in [-0.39, 0.29) is 5.91 Å². The van der Waals surface area contributed by atoms with Gasteiger partial charge in [-0.15, -0.1) is 0 Å². The quantitative estimate of drug-likeness (QED) is 0.187. The van der Waals surface area contributed by atoms with Gasteiger partial charge in [0.15, 0.2) is 0 Å². The SMILES string of the molecule is CCCCCCCCCCCCCCCCCCn1c(CCCNC(C)=O)nc2ccccc21. The van der Waals surface area contributed by atoms with Crippen molar-refractivity contribution in [1.29, 1.82) is 0 Å². The number of hydrogen-bond acceptors (Lipinski definition) is 2. The number of amides is 1. The van der Waals surface area contributed by atoms with Crippen molar-refractivity contribution in [1.82, 2.24) is 14.9 Å². The lowest BCUT2D eigenvalue weighted by molar-refractivity contribution is -0.118. The van der Waals surface area contributed by atoms with Crippen LogP contribution in [0.3, 0.4) is 0 Å². The summed E-state index contributed by atoms with van der Waals surface area (Å²) in [5.74, 6) is 1.20. The Hall–Kier alpha value is -1.84. The lowest BCUT2D eigenvalue weighted by Gasteiger charge is -2.10. The summed E-state index contributed by atoms with van der Waals surface area (Å²) in [4.78, 5) is 16.0. The zero-order chi connectivity index (χ0) is 24.3. The van der Waals surface area contributed by atoms with E-state index in [4.69, 9.17) is 4.98 Å². The molecule has 0 aliphatic rings. The van der Waals surface area contributed by atoms with Crippen LogP contribution in [0.5, 0.6) is 0 Å². The maximum atomic E-state index is 11.1. The van der Waals surface area contributed by atoms with Crippen molar-refractivity contribution in [2.75, 3.05) is 6.54 Å². The number of carbonyl (C=O) groups excluding carboxylic acids is 1. The largest absolute Gasteiger partial charge is 0.356 e. The first-order valence-electron chi connectivity index (χ1n) is 14.4. The van der Waals surface area contributed by atoms with Gasteiger partial charge in [-0.25, -0.2) is 4.98 Å². The predicted molar refractivity (Wildman–Crippen MR) is 146 cm³/mol. The molecular weight excluding hydrogens is 418 g/mol. The van der Waals surface area contributed by atoms with Gasteiger partial charge in [0.1, 0.15) is 5.82 Å². The normalized spacial score (nSPS) is 11.4. The van der Waals surface area contributed by atoms with Gasteiger partial charge in [-0.05, 0) is 25.0 Å².